The van der Waals surface area contributed by atoms with Crippen LogP contribution in [0.25, 0.3) is 10.9 Å². The van der Waals surface area contributed by atoms with Crippen LogP contribution < -0.4 is 5.56 Å². The Balaban J connectivity index is 3.06. The van der Waals surface area contributed by atoms with E-state index in [4.69, 9.17) is 0 Å². The van der Waals surface area contributed by atoms with Crippen molar-refractivity contribution in [3.8, 4) is 0 Å². The molecule has 0 saturated carbocycles. The number of hydrogen-bond donors (Lipinski definition) is 1. The van der Waals surface area contributed by atoms with E-state index in [1.54, 1.807) is 12.4 Å². The van der Waals surface area contributed by atoms with Gasteiger partial charge in [0, 0.05) is 12.4 Å². The summed E-state index contributed by atoms with van der Waals surface area (Å²) in [6, 6.07) is 1.81. The maximum absolute atomic E-state index is 11.5. The van der Waals surface area contributed by atoms with E-state index in [1.165, 1.54) is 0 Å². The average molecular weight is 174 g/mol. The van der Waals surface area contributed by atoms with E-state index in [0.717, 1.165) is 16.6 Å². The molecule has 3 nitrogen and oxygen atoms in total. The van der Waals surface area contributed by atoms with Gasteiger partial charge >= 0.3 is 0 Å². The van der Waals surface area contributed by atoms with Crippen LogP contribution in [0.3, 0.4) is 0 Å². The lowest BCUT2D eigenvalue weighted by atomic mass is 10.1. The quantitative estimate of drug-likeness (QED) is 0.658. The van der Waals surface area contributed by atoms with E-state index < -0.39 is 0 Å². The third kappa shape index (κ3) is 1.13. The minimum absolute atomic E-state index is 0.0637. The molecule has 0 bridgehead atoms. The van der Waals surface area contributed by atoms with Gasteiger partial charge in [-0.1, -0.05) is 0 Å². The standard InChI is InChI=1S/C10H10N2O/c1-6-5-12-8-3-4-11-10(13)9(8)7(6)2/h3-5H,1-2H3,(H,11,13). The SMILES string of the molecule is Cc1cnc2cc[nH]c(=O)c2c1C. The molecule has 0 fully saturated rings. The number of H-pyrrole nitrogens is 1. The number of aryl methyl sites for hydroxylation is 2. The van der Waals surface area contributed by atoms with Crippen LogP contribution in [-0.2, 0) is 0 Å². The molecule has 2 heterocycles. The molecule has 0 aromatic carbocycles. The molecule has 0 aliphatic carbocycles. The van der Waals surface area contributed by atoms with Gasteiger partial charge in [0.05, 0.1) is 10.9 Å². The maximum Gasteiger partial charge on any atom is 0.257 e. The van der Waals surface area contributed by atoms with E-state index in [0.29, 0.717) is 5.39 Å². The highest BCUT2D eigenvalue weighted by atomic mass is 16.1. The Labute approximate surface area is 75.4 Å². The summed E-state index contributed by atoms with van der Waals surface area (Å²) in [5, 5.41) is 0.697. The van der Waals surface area contributed by atoms with Crippen molar-refractivity contribution >= 4 is 10.9 Å². The predicted octanol–water partition coefficient (Wildman–Crippen LogP) is 1.54. The molecule has 0 radical (unpaired) electrons. The number of aromatic amines is 1. The summed E-state index contributed by atoms with van der Waals surface area (Å²) in [5.41, 5.74) is 2.74. The molecule has 0 atom stereocenters. The summed E-state index contributed by atoms with van der Waals surface area (Å²) in [5.74, 6) is 0. The molecule has 0 saturated heterocycles. The zero-order valence-corrected chi connectivity index (χ0v) is 7.59. The lowest BCUT2D eigenvalue weighted by Gasteiger charge is -2.02. The molecule has 2 rings (SSSR count). The first-order chi connectivity index (χ1) is 6.20. The number of rotatable bonds is 0. The summed E-state index contributed by atoms with van der Waals surface area (Å²) in [7, 11) is 0. The number of pyridine rings is 2. The number of hydrogen-bond acceptors (Lipinski definition) is 2. The number of fused-ring (bicyclic) bond motifs is 1. The van der Waals surface area contributed by atoms with Gasteiger partial charge in [-0.3, -0.25) is 9.78 Å². The molecule has 2 aromatic heterocycles. The third-order valence-electron chi connectivity index (χ3n) is 2.30. The minimum Gasteiger partial charge on any atom is -0.328 e. The van der Waals surface area contributed by atoms with Gasteiger partial charge in [0.25, 0.3) is 5.56 Å². The summed E-state index contributed by atoms with van der Waals surface area (Å²) < 4.78 is 0. The van der Waals surface area contributed by atoms with Crippen LogP contribution in [-0.4, -0.2) is 9.97 Å². The molecule has 1 N–H and O–H groups in total. The first-order valence-corrected chi connectivity index (χ1v) is 4.14. The molecule has 2 aromatic rings. The van der Waals surface area contributed by atoms with Gasteiger partial charge in [0.15, 0.2) is 0 Å². The largest absolute Gasteiger partial charge is 0.328 e. The molecule has 0 aliphatic rings. The monoisotopic (exact) mass is 174 g/mol. The highest BCUT2D eigenvalue weighted by molar-refractivity contribution is 5.81. The summed E-state index contributed by atoms with van der Waals surface area (Å²) >= 11 is 0. The fourth-order valence-electron chi connectivity index (χ4n) is 1.40. The molecule has 66 valence electrons. The van der Waals surface area contributed by atoms with Crippen molar-refractivity contribution in [3.05, 3.63) is 39.9 Å². The molecule has 13 heavy (non-hydrogen) atoms. The molecule has 0 aliphatic heterocycles. The summed E-state index contributed by atoms with van der Waals surface area (Å²) in [6.07, 6.45) is 3.41. The molecule has 3 heteroatoms. The molecule has 0 spiro atoms. The fourth-order valence-corrected chi connectivity index (χ4v) is 1.40. The Hall–Kier alpha value is -1.64. The van der Waals surface area contributed by atoms with Crippen LogP contribution in [0.5, 0.6) is 0 Å². The topological polar surface area (TPSA) is 45.8 Å². The smallest absolute Gasteiger partial charge is 0.257 e. The molecular formula is C10H10N2O. The van der Waals surface area contributed by atoms with Crippen molar-refractivity contribution in [2.45, 2.75) is 13.8 Å². The fraction of sp³-hybridized carbons (Fsp3) is 0.200. The van der Waals surface area contributed by atoms with Crippen molar-refractivity contribution in [2.24, 2.45) is 0 Å². The second-order valence-corrected chi connectivity index (χ2v) is 3.13. The van der Waals surface area contributed by atoms with Crippen LogP contribution in [0.2, 0.25) is 0 Å². The van der Waals surface area contributed by atoms with Gasteiger partial charge in [0.1, 0.15) is 0 Å². The first kappa shape index (κ1) is 7.98. The van der Waals surface area contributed by atoms with Gasteiger partial charge in [-0.2, -0.15) is 0 Å². The van der Waals surface area contributed by atoms with Gasteiger partial charge in [-0.05, 0) is 31.0 Å². The highest BCUT2D eigenvalue weighted by Gasteiger charge is 2.03. The first-order valence-electron chi connectivity index (χ1n) is 4.14. The Bertz CT molecular complexity index is 514. The normalized spacial score (nSPS) is 10.6. The van der Waals surface area contributed by atoms with E-state index in [9.17, 15) is 4.79 Å². The minimum atomic E-state index is -0.0637. The van der Waals surface area contributed by atoms with Crippen molar-refractivity contribution in [2.75, 3.05) is 0 Å². The summed E-state index contributed by atoms with van der Waals surface area (Å²) in [4.78, 5) is 18.3. The number of nitrogens with zero attached hydrogens (tertiary/aromatic N) is 1. The van der Waals surface area contributed by atoms with Crippen molar-refractivity contribution < 1.29 is 0 Å². The van der Waals surface area contributed by atoms with Crippen LogP contribution in [0.15, 0.2) is 23.3 Å². The molecule has 0 amide bonds. The Morgan fingerprint density at radius 3 is 2.92 bits per heavy atom. The van der Waals surface area contributed by atoms with Crippen LogP contribution in [0, 0.1) is 13.8 Å². The van der Waals surface area contributed by atoms with Crippen molar-refractivity contribution in [3.63, 3.8) is 0 Å². The third-order valence-corrected chi connectivity index (χ3v) is 2.30. The lowest BCUT2D eigenvalue weighted by molar-refractivity contribution is 1.21. The van der Waals surface area contributed by atoms with Gasteiger partial charge < -0.3 is 4.98 Å². The van der Waals surface area contributed by atoms with Crippen LogP contribution >= 0.6 is 0 Å². The average Bonchev–Trinajstić information content (AvgIpc) is 2.12. The van der Waals surface area contributed by atoms with E-state index >= 15 is 0 Å². The van der Waals surface area contributed by atoms with Gasteiger partial charge in [-0.25, -0.2) is 0 Å². The second-order valence-electron chi connectivity index (χ2n) is 3.13. The zero-order valence-electron chi connectivity index (χ0n) is 7.59. The van der Waals surface area contributed by atoms with Crippen LogP contribution in [0.1, 0.15) is 11.1 Å². The van der Waals surface area contributed by atoms with E-state index in [1.807, 2.05) is 19.9 Å². The predicted molar refractivity (Wildman–Crippen MR) is 51.8 cm³/mol. The number of aromatic nitrogens is 2. The highest BCUT2D eigenvalue weighted by Crippen LogP contribution is 2.13. The zero-order chi connectivity index (χ0) is 9.42. The maximum atomic E-state index is 11.5. The lowest BCUT2D eigenvalue weighted by Crippen LogP contribution is -2.07. The van der Waals surface area contributed by atoms with Gasteiger partial charge in [0.2, 0.25) is 0 Å². The van der Waals surface area contributed by atoms with E-state index in [-0.39, 0.29) is 5.56 Å². The summed E-state index contributed by atoms with van der Waals surface area (Å²) in [6.45, 7) is 3.89. The van der Waals surface area contributed by atoms with Crippen molar-refractivity contribution in [1.29, 1.82) is 0 Å². The second kappa shape index (κ2) is 2.69. The number of nitrogens with one attached hydrogen (secondary N) is 1. The molecule has 0 unspecified atom stereocenters. The van der Waals surface area contributed by atoms with E-state index in [2.05, 4.69) is 9.97 Å². The Morgan fingerprint density at radius 2 is 2.15 bits per heavy atom. The Kier molecular flexibility index (Phi) is 1.65. The molecular weight excluding hydrogens is 164 g/mol. The van der Waals surface area contributed by atoms with Crippen LogP contribution in [0.4, 0.5) is 0 Å². The van der Waals surface area contributed by atoms with Crippen molar-refractivity contribution in [1.82, 2.24) is 9.97 Å². The Morgan fingerprint density at radius 1 is 1.38 bits per heavy atom. The van der Waals surface area contributed by atoms with Gasteiger partial charge in [-0.15, -0.1) is 0 Å².